The predicted octanol–water partition coefficient (Wildman–Crippen LogP) is 1.23. The molecule has 2 N–H and O–H groups in total. The van der Waals surface area contributed by atoms with Gasteiger partial charge in [-0.25, -0.2) is 4.79 Å². The number of benzene rings is 1. The molecule has 0 radical (unpaired) electrons. The third kappa shape index (κ3) is 3.98. The molecule has 1 aliphatic rings. The summed E-state index contributed by atoms with van der Waals surface area (Å²) in [5, 5.41) is 11.0. The molecule has 2 rings (SSSR count). The van der Waals surface area contributed by atoms with Crippen LogP contribution in [0, 0.1) is 0 Å². The SMILES string of the molecule is O=C(O)COCCNC(=O)C1SCCc2ccccc21. The fourth-order valence-corrected chi connectivity index (χ4v) is 3.33. The predicted molar refractivity (Wildman–Crippen MR) is 76.8 cm³/mol. The van der Waals surface area contributed by atoms with Crippen LogP contribution in [0.4, 0.5) is 0 Å². The van der Waals surface area contributed by atoms with E-state index in [9.17, 15) is 9.59 Å². The van der Waals surface area contributed by atoms with Crippen LogP contribution in [-0.4, -0.2) is 42.5 Å². The van der Waals surface area contributed by atoms with Crippen LogP contribution in [0.15, 0.2) is 24.3 Å². The van der Waals surface area contributed by atoms with Gasteiger partial charge in [0.1, 0.15) is 11.9 Å². The van der Waals surface area contributed by atoms with Crippen molar-refractivity contribution in [2.75, 3.05) is 25.5 Å². The Morgan fingerprint density at radius 1 is 1.40 bits per heavy atom. The number of thioether (sulfide) groups is 1. The second-order valence-electron chi connectivity index (χ2n) is 4.44. The molecule has 0 spiro atoms. The van der Waals surface area contributed by atoms with Crippen molar-refractivity contribution in [2.24, 2.45) is 0 Å². The molecular formula is C14H17NO4S. The second kappa shape index (κ2) is 7.31. The molecule has 1 amide bonds. The zero-order valence-corrected chi connectivity index (χ0v) is 11.8. The molecule has 0 aliphatic carbocycles. The van der Waals surface area contributed by atoms with Crippen molar-refractivity contribution in [3.05, 3.63) is 35.4 Å². The first-order valence-corrected chi connectivity index (χ1v) is 7.50. The Morgan fingerprint density at radius 3 is 3.00 bits per heavy atom. The van der Waals surface area contributed by atoms with Gasteiger partial charge in [0.25, 0.3) is 0 Å². The van der Waals surface area contributed by atoms with E-state index in [0.717, 1.165) is 17.7 Å². The molecule has 0 saturated carbocycles. The number of aryl methyl sites for hydroxylation is 1. The van der Waals surface area contributed by atoms with Crippen LogP contribution < -0.4 is 5.32 Å². The highest BCUT2D eigenvalue weighted by Crippen LogP contribution is 2.36. The number of ether oxygens (including phenoxy) is 1. The van der Waals surface area contributed by atoms with Crippen molar-refractivity contribution in [2.45, 2.75) is 11.7 Å². The fraction of sp³-hybridized carbons (Fsp3) is 0.429. The minimum absolute atomic E-state index is 0.0407. The number of amides is 1. The molecule has 1 aromatic carbocycles. The summed E-state index contributed by atoms with van der Waals surface area (Å²) >= 11 is 1.64. The van der Waals surface area contributed by atoms with Gasteiger partial charge in [-0.05, 0) is 23.3 Å². The maximum absolute atomic E-state index is 12.2. The van der Waals surface area contributed by atoms with Crippen molar-refractivity contribution < 1.29 is 19.4 Å². The second-order valence-corrected chi connectivity index (χ2v) is 5.65. The summed E-state index contributed by atoms with van der Waals surface area (Å²) in [6.45, 7) is 0.194. The summed E-state index contributed by atoms with van der Waals surface area (Å²) in [6.07, 6.45) is 0.992. The van der Waals surface area contributed by atoms with Crippen molar-refractivity contribution in [1.82, 2.24) is 5.32 Å². The Labute approximate surface area is 121 Å². The Kier molecular flexibility index (Phi) is 5.43. The van der Waals surface area contributed by atoms with Crippen LogP contribution in [0.1, 0.15) is 16.4 Å². The third-order valence-corrected chi connectivity index (χ3v) is 4.24. The number of hydrogen-bond donors (Lipinski definition) is 2. The monoisotopic (exact) mass is 295 g/mol. The van der Waals surface area contributed by atoms with Gasteiger partial charge in [-0.2, -0.15) is 0 Å². The minimum atomic E-state index is -1.01. The zero-order valence-electron chi connectivity index (χ0n) is 11.0. The van der Waals surface area contributed by atoms with Gasteiger partial charge in [-0.15, -0.1) is 11.8 Å². The maximum Gasteiger partial charge on any atom is 0.329 e. The molecule has 108 valence electrons. The number of aliphatic carboxylic acids is 1. The van der Waals surface area contributed by atoms with Crippen LogP contribution in [0.3, 0.4) is 0 Å². The van der Waals surface area contributed by atoms with Crippen LogP contribution in [0.5, 0.6) is 0 Å². The molecule has 1 aromatic rings. The lowest BCUT2D eigenvalue weighted by Crippen LogP contribution is -2.32. The fourth-order valence-electron chi connectivity index (χ4n) is 2.11. The lowest BCUT2D eigenvalue weighted by atomic mass is 10.0. The molecule has 0 saturated heterocycles. The average Bonchev–Trinajstić information content (AvgIpc) is 2.45. The zero-order chi connectivity index (χ0) is 14.4. The van der Waals surface area contributed by atoms with E-state index in [0.29, 0.717) is 6.54 Å². The van der Waals surface area contributed by atoms with E-state index < -0.39 is 5.97 Å². The van der Waals surface area contributed by atoms with Crippen molar-refractivity contribution in [3.8, 4) is 0 Å². The van der Waals surface area contributed by atoms with E-state index in [-0.39, 0.29) is 24.4 Å². The third-order valence-electron chi connectivity index (χ3n) is 3.00. The van der Waals surface area contributed by atoms with Gasteiger partial charge in [0.15, 0.2) is 0 Å². The molecule has 5 nitrogen and oxygen atoms in total. The summed E-state index contributed by atoms with van der Waals surface area (Å²) in [6, 6.07) is 7.99. The van der Waals surface area contributed by atoms with E-state index in [1.165, 1.54) is 5.56 Å². The maximum atomic E-state index is 12.2. The Morgan fingerprint density at radius 2 is 2.20 bits per heavy atom. The number of fused-ring (bicyclic) bond motifs is 1. The lowest BCUT2D eigenvalue weighted by molar-refractivity contribution is -0.142. The van der Waals surface area contributed by atoms with Gasteiger partial charge in [0, 0.05) is 6.54 Å². The lowest BCUT2D eigenvalue weighted by Gasteiger charge is -2.24. The van der Waals surface area contributed by atoms with Crippen LogP contribution >= 0.6 is 11.8 Å². The molecule has 1 atom stereocenters. The highest BCUT2D eigenvalue weighted by molar-refractivity contribution is 8.00. The van der Waals surface area contributed by atoms with E-state index >= 15 is 0 Å². The van der Waals surface area contributed by atoms with E-state index in [1.54, 1.807) is 11.8 Å². The summed E-state index contributed by atoms with van der Waals surface area (Å²) in [4.78, 5) is 22.4. The van der Waals surface area contributed by atoms with E-state index in [4.69, 9.17) is 9.84 Å². The van der Waals surface area contributed by atoms with Crippen LogP contribution in [0.25, 0.3) is 0 Å². The van der Waals surface area contributed by atoms with Crippen LogP contribution in [0.2, 0.25) is 0 Å². The van der Waals surface area contributed by atoms with Crippen molar-refractivity contribution in [3.63, 3.8) is 0 Å². The standard InChI is InChI=1S/C14H17NO4S/c16-12(17)9-19-7-6-15-14(18)13-11-4-2-1-3-10(11)5-8-20-13/h1-4,13H,5-9H2,(H,15,18)(H,16,17). The van der Waals surface area contributed by atoms with Gasteiger partial charge in [0.05, 0.1) is 6.61 Å². The number of hydrogen-bond acceptors (Lipinski definition) is 4. The summed E-state index contributed by atoms with van der Waals surface area (Å²) in [5.74, 6) is -0.112. The molecule has 1 unspecified atom stereocenters. The van der Waals surface area contributed by atoms with Gasteiger partial charge in [-0.1, -0.05) is 24.3 Å². The minimum Gasteiger partial charge on any atom is -0.480 e. The average molecular weight is 295 g/mol. The molecule has 0 bridgehead atoms. The summed E-state index contributed by atoms with van der Waals surface area (Å²) in [5.41, 5.74) is 2.31. The number of nitrogens with one attached hydrogen (secondary N) is 1. The van der Waals surface area contributed by atoms with Crippen LogP contribution in [-0.2, 0) is 20.7 Å². The van der Waals surface area contributed by atoms with Gasteiger partial charge >= 0.3 is 5.97 Å². The Bertz CT molecular complexity index is 492. The highest BCUT2D eigenvalue weighted by Gasteiger charge is 2.26. The van der Waals surface area contributed by atoms with E-state index in [2.05, 4.69) is 11.4 Å². The number of carbonyl (C=O) groups is 2. The first-order chi connectivity index (χ1) is 9.68. The Balaban J connectivity index is 1.83. The number of rotatable bonds is 6. The van der Waals surface area contributed by atoms with Gasteiger partial charge in [0.2, 0.25) is 5.91 Å². The first-order valence-electron chi connectivity index (χ1n) is 6.45. The van der Waals surface area contributed by atoms with Gasteiger partial charge < -0.3 is 15.2 Å². The number of carboxylic acids is 1. The number of carboxylic acid groups (broad SMARTS) is 1. The summed E-state index contributed by atoms with van der Waals surface area (Å²) < 4.78 is 4.88. The number of carbonyl (C=O) groups excluding carboxylic acids is 1. The molecule has 1 heterocycles. The van der Waals surface area contributed by atoms with Crippen molar-refractivity contribution >= 4 is 23.6 Å². The van der Waals surface area contributed by atoms with Crippen molar-refractivity contribution in [1.29, 1.82) is 0 Å². The highest BCUT2D eigenvalue weighted by atomic mass is 32.2. The summed E-state index contributed by atoms with van der Waals surface area (Å²) in [7, 11) is 0. The molecule has 20 heavy (non-hydrogen) atoms. The first kappa shape index (κ1) is 14.9. The smallest absolute Gasteiger partial charge is 0.329 e. The quantitative estimate of drug-likeness (QED) is 0.772. The molecular weight excluding hydrogens is 278 g/mol. The van der Waals surface area contributed by atoms with E-state index in [1.807, 2.05) is 18.2 Å². The molecule has 0 aromatic heterocycles. The topological polar surface area (TPSA) is 75.6 Å². The molecule has 1 aliphatic heterocycles. The molecule has 0 fully saturated rings. The Hall–Kier alpha value is -1.53. The normalized spacial score (nSPS) is 17.3. The molecule has 6 heteroatoms. The van der Waals surface area contributed by atoms with Gasteiger partial charge in [-0.3, -0.25) is 4.79 Å². The largest absolute Gasteiger partial charge is 0.480 e.